The van der Waals surface area contributed by atoms with Crippen LogP contribution in [0.2, 0.25) is 0 Å². The van der Waals surface area contributed by atoms with E-state index in [1.165, 1.54) is 30.0 Å². The standard InChI is InChI=1S/C23H29N5O3/c1-14-8-9-27(12-14)22-20-5-3-4-16-10-17(6-7-19(16)21(20)25-26-22)28-13-18(31-23(28)30)11-24-15(2)29/h6-7,10,14,18H,3-5,8-9,11-13H2,1-2H3,(H,24,29)(H,25,26)/t14?,18-/m0/s1. The van der Waals surface area contributed by atoms with Crippen LogP contribution in [0.4, 0.5) is 16.3 Å². The van der Waals surface area contributed by atoms with Crippen LogP contribution in [-0.2, 0) is 22.4 Å². The van der Waals surface area contributed by atoms with Gasteiger partial charge < -0.3 is 15.0 Å². The molecule has 2 fully saturated rings. The third-order valence-corrected chi connectivity index (χ3v) is 6.56. The van der Waals surface area contributed by atoms with Crippen LogP contribution < -0.4 is 15.1 Å². The lowest BCUT2D eigenvalue weighted by molar-refractivity contribution is -0.119. The van der Waals surface area contributed by atoms with Crippen molar-refractivity contribution < 1.29 is 14.3 Å². The van der Waals surface area contributed by atoms with Crippen LogP contribution in [0.5, 0.6) is 0 Å². The largest absolute Gasteiger partial charge is 0.442 e. The number of anilines is 2. The highest BCUT2D eigenvalue weighted by Crippen LogP contribution is 2.38. The molecular weight excluding hydrogens is 394 g/mol. The molecule has 1 unspecified atom stereocenters. The number of benzene rings is 1. The molecule has 0 saturated carbocycles. The molecule has 2 aliphatic heterocycles. The molecule has 2 aromatic rings. The van der Waals surface area contributed by atoms with Crippen LogP contribution in [0.1, 0.15) is 37.8 Å². The molecule has 0 bridgehead atoms. The lowest BCUT2D eigenvalue weighted by Gasteiger charge is -2.17. The number of hydrogen-bond donors (Lipinski definition) is 2. The first kappa shape index (κ1) is 19.9. The average molecular weight is 424 g/mol. The van der Waals surface area contributed by atoms with Gasteiger partial charge in [-0.1, -0.05) is 13.0 Å². The van der Waals surface area contributed by atoms with Gasteiger partial charge in [0.25, 0.3) is 0 Å². The molecule has 8 nitrogen and oxygen atoms in total. The average Bonchev–Trinajstić information content (AvgIpc) is 3.42. The van der Waals surface area contributed by atoms with E-state index in [-0.39, 0.29) is 18.1 Å². The highest BCUT2D eigenvalue weighted by molar-refractivity contribution is 5.90. The van der Waals surface area contributed by atoms with Crippen molar-refractivity contribution in [1.82, 2.24) is 15.5 Å². The summed E-state index contributed by atoms with van der Waals surface area (Å²) in [5, 5.41) is 10.7. The Bertz CT molecular complexity index is 1020. The molecule has 164 valence electrons. The van der Waals surface area contributed by atoms with E-state index in [1.54, 1.807) is 4.90 Å². The Kier molecular flexibility index (Phi) is 5.08. The highest BCUT2D eigenvalue weighted by atomic mass is 16.6. The molecule has 8 heteroatoms. The lowest BCUT2D eigenvalue weighted by atomic mass is 10.0. The fraction of sp³-hybridized carbons (Fsp3) is 0.522. The number of aryl methyl sites for hydroxylation is 1. The number of carbonyl (C=O) groups excluding carboxylic acids is 2. The van der Waals surface area contributed by atoms with E-state index >= 15 is 0 Å². The van der Waals surface area contributed by atoms with Crippen molar-refractivity contribution in [2.24, 2.45) is 5.92 Å². The van der Waals surface area contributed by atoms with E-state index in [4.69, 9.17) is 9.84 Å². The Balaban J connectivity index is 1.39. The zero-order chi connectivity index (χ0) is 21.5. The van der Waals surface area contributed by atoms with Gasteiger partial charge in [-0.15, -0.1) is 0 Å². The zero-order valence-corrected chi connectivity index (χ0v) is 18.1. The summed E-state index contributed by atoms with van der Waals surface area (Å²) >= 11 is 0. The van der Waals surface area contributed by atoms with E-state index in [9.17, 15) is 9.59 Å². The van der Waals surface area contributed by atoms with Crippen LogP contribution in [0.25, 0.3) is 11.3 Å². The first-order valence-electron chi connectivity index (χ1n) is 11.2. The molecule has 0 spiro atoms. The van der Waals surface area contributed by atoms with E-state index in [0.717, 1.165) is 49.6 Å². The number of carbonyl (C=O) groups is 2. The van der Waals surface area contributed by atoms with Crippen LogP contribution in [0, 0.1) is 5.92 Å². The quantitative estimate of drug-likeness (QED) is 0.789. The summed E-state index contributed by atoms with van der Waals surface area (Å²) in [4.78, 5) is 27.6. The number of H-pyrrole nitrogens is 1. The Morgan fingerprint density at radius 3 is 2.97 bits per heavy atom. The third-order valence-electron chi connectivity index (χ3n) is 6.56. The van der Waals surface area contributed by atoms with Crippen molar-refractivity contribution in [3.8, 4) is 11.3 Å². The van der Waals surface area contributed by atoms with Crippen LogP contribution in [-0.4, -0.2) is 54.5 Å². The number of rotatable bonds is 4. The number of cyclic esters (lactones) is 1. The lowest BCUT2D eigenvalue weighted by Crippen LogP contribution is -2.33. The Hall–Kier alpha value is -3.03. The second-order valence-corrected chi connectivity index (χ2v) is 8.99. The number of fused-ring (bicyclic) bond motifs is 3. The fourth-order valence-electron chi connectivity index (χ4n) is 4.95. The summed E-state index contributed by atoms with van der Waals surface area (Å²) in [7, 11) is 0. The molecule has 2 saturated heterocycles. The molecule has 3 aliphatic rings. The summed E-state index contributed by atoms with van der Waals surface area (Å²) in [6, 6.07) is 6.18. The minimum absolute atomic E-state index is 0.127. The van der Waals surface area contributed by atoms with Crippen LogP contribution in [0.3, 0.4) is 0 Å². The zero-order valence-electron chi connectivity index (χ0n) is 18.1. The summed E-state index contributed by atoms with van der Waals surface area (Å²) in [5.74, 6) is 1.69. The second kappa shape index (κ2) is 7.90. The number of amides is 2. The SMILES string of the molecule is CC(=O)NC[C@H]1CN(c2ccc3c(c2)CCCc2c(N4CCC(C)C4)n[nH]c2-3)C(=O)O1. The highest BCUT2D eigenvalue weighted by Gasteiger charge is 2.33. The Labute approximate surface area is 181 Å². The Morgan fingerprint density at radius 1 is 1.32 bits per heavy atom. The van der Waals surface area contributed by atoms with Gasteiger partial charge in [0, 0.05) is 36.8 Å². The smallest absolute Gasteiger partial charge is 0.414 e. The second-order valence-electron chi connectivity index (χ2n) is 8.99. The normalized spacial score (nSPS) is 22.7. The number of nitrogens with one attached hydrogen (secondary N) is 2. The van der Waals surface area contributed by atoms with Gasteiger partial charge in [0.15, 0.2) is 5.82 Å². The molecule has 2 N–H and O–H groups in total. The predicted molar refractivity (Wildman–Crippen MR) is 118 cm³/mol. The van der Waals surface area contributed by atoms with E-state index in [1.807, 2.05) is 6.07 Å². The van der Waals surface area contributed by atoms with E-state index < -0.39 is 0 Å². The van der Waals surface area contributed by atoms with Gasteiger partial charge in [0.05, 0.1) is 18.8 Å². The number of hydrogen-bond acceptors (Lipinski definition) is 5. The molecule has 5 rings (SSSR count). The molecule has 2 atom stereocenters. The maximum atomic E-state index is 12.4. The molecule has 31 heavy (non-hydrogen) atoms. The topological polar surface area (TPSA) is 90.6 Å². The third kappa shape index (κ3) is 3.75. The van der Waals surface area contributed by atoms with Gasteiger partial charge in [0.2, 0.25) is 5.91 Å². The van der Waals surface area contributed by atoms with Gasteiger partial charge in [-0.05, 0) is 49.3 Å². The van der Waals surface area contributed by atoms with Crippen molar-refractivity contribution in [2.45, 2.75) is 45.6 Å². The Morgan fingerprint density at radius 2 is 2.19 bits per heavy atom. The molecular formula is C23H29N5O3. The molecule has 1 aliphatic carbocycles. The fourth-order valence-corrected chi connectivity index (χ4v) is 4.95. The number of aromatic amines is 1. The minimum atomic E-state index is -0.364. The first-order chi connectivity index (χ1) is 15.0. The van der Waals surface area contributed by atoms with Gasteiger partial charge in [-0.25, -0.2) is 4.79 Å². The summed E-state index contributed by atoms with van der Waals surface area (Å²) in [6.07, 6.45) is 3.53. The molecule has 2 amide bonds. The number of aromatic nitrogens is 2. The minimum Gasteiger partial charge on any atom is -0.442 e. The maximum Gasteiger partial charge on any atom is 0.414 e. The maximum absolute atomic E-state index is 12.4. The van der Waals surface area contributed by atoms with E-state index in [0.29, 0.717) is 19.0 Å². The van der Waals surface area contributed by atoms with Crippen molar-refractivity contribution in [3.63, 3.8) is 0 Å². The summed E-state index contributed by atoms with van der Waals surface area (Å²) in [6.45, 7) is 6.66. The molecule has 1 aromatic carbocycles. The van der Waals surface area contributed by atoms with Crippen molar-refractivity contribution >= 4 is 23.5 Å². The van der Waals surface area contributed by atoms with Crippen LogP contribution >= 0.6 is 0 Å². The predicted octanol–water partition coefficient (Wildman–Crippen LogP) is 2.87. The van der Waals surface area contributed by atoms with Crippen molar-refractivity contribution in [3.05, 3.63) is 29.3 Å². The first-order valence-corrected chi connectivity index (χ1v) is 11.2. The molecule has 3 heterocycles. The van der Waals surface area contributed by atoms with Gasteiger partial charge >= 0.3 is 6.09 Å². The van der Waals surface area contributed by atoms with Gasteiger partial charge in [0.1, 0.15) is 6.10 Å². The summed E-state index contributed by atoms with van der Waals surface area (Å²) < 4.78 is 5.42. The molecule has 1 aromatic heterocycles. The molecule has 0 radical (unpaired) electrons. The van der Waals surface area contributed by atoms with Crippen molar-refractivity contribution in [2.75, 3.05) is 36.0 Å². The van der Waals surface area contributed by atoms with E-state index in [2.05, 4.69) is 34.4 Å². The monoisotopic (exact) mass is 423 g/mol. The van der Waals surface area contributed by atoms with Gasteiger partial charge in [-0.2, -0.15) is 5.10 Å². The summed E-state index contributed by atoms with van der Waals surface area (Å²) in [5.41, 5.74) is 5.66. The van der Waals surface area contributed by atoms with Crippen LogP contribution in [0.15, 0.2) is 18.2 Å². The van der Waals surface area contributed by atoms with Gasteiger partial charge in [-0.3, -0.25) is 14.8 Å². The number of nitrogens with zero attached hydrogens (tertiary/aromatic N) is 3. The number of ether oxygens (including phenoxy) is 1. The van der Waals surface area contributed by atoms with Crippen molar-refractivity contribution in [1.29, 1.82) is 0 Å².